The van der Waals surface area contributed by atoms with Crippen molar-refractivity contribution in [2.45, 2.75) is 19.8 Å². The minimum absolute atomic E-state index is 0.0429. The lowest BCUT2D eigenvalue weighted by Crippen LogP contribution is -1.96. The van der Waals surface area contributed by atoms with Gasteiger partial charge < -0.3 is 0 Å². The Bertz CT molecular complexity index is 47.8. The van der Waals surface area contributed by atoms with E-state index in [9.17, 15) is 5.11 Å². The van der Waals surface area contributed by atoms with E-state index in [0.717, 1.165) is 12.8 Å². The lowest BCUT2D eigenvalue weighted by atomic mass is 10.1. The highest BCUT2D eigenvalue weighted by atomic mass is 35.5. The van der Waals surface area contributed by atoms with Crippen LogP contribution in [0.5, 0.6) is 0 Å². The van der Waals surface area contributed by atoms with Crippen molar-refractivity contribution in [3.8, 4) is 0 Å². The lowest BCUT2D eigenvalue weighted by molar-refractivity contribution is 0.182. The van der Waals surface area contributed by atoms with Crippen molar-refractivity contribution in [2.75, 3.05) is 12.5 Å². The van der Waals surface area contributed by atoms with Gasteiger partial charge in [0.15, 0.2) is 0 Å². The normalized spacial score (nSPS) is 13.9. The summed E-state index contributed by atoms with van der Waals surface area (Å²) in [5, 5.41) is 9.91. The standard InChI is InChI=1S/C6H12ClO/c1-6(5-7)3-2-4-8/h6H,2-5H2,1H3. The molecule has 0 amide bonds. The fraction of sp³-hybridized carbons (Fsp3) is 1.00. The van der Waals surface area contributed by atoms with Gasteiger partial charge in [0.05, 0.1) is 6.61 Å². The Morgan fingerprint density at radius 3 is 2.62 bits per heavy atom. The third-order valence-electron chi connectivity index (χ3n) is 1.10. The molecule has 1 unspecified atom stereocenters. The number of alkyl halides is 1. The molecular formula is C6H12ClO. The predicted octanol–water partition coefficient (Wildman–Crippen LogP) is 2.07. The first-order chi connectivity index (χ1) is 3.81. The van der Waals surface area contributed by atoms with Gasteiger partial charge >= 0.3 is 0 Å². The van der Waals surface area contributed by atoms with Crippen LogP contribution in [0.4, 0.5) is 0 Å². The van der Waals surface area contributed by atoms with E-state index in [1.807, 2.05) is 0 Å². The molecule has 0 bridgehead atoms. The summed E-state index contributed by atoms with van der Waals surface area (Å²) in [7, 11) is 0. The molecule has 8 heavy (non-hydrogen) atoms. The Kier molecular flexibility index (Phi) is 5.56. The van der Waals surface area contributed by atoms with Crippen molar-refractivity contribution in [1.82, 2.24) is 0 Å². The van der Waals surface area contributed by atoms with Gasteiger partial charge in [-0.1, -0.05) is 6.92 Å². The van der Waals surface area contributed by atoms with E-state index in [4.69, 9.17) is 11.6 Å². The van der Waals surface area contributed by atoms with E-state index in [1.165, 1.54) is 0 Å². The highest BCUT2D eigenvalue weighted by Crippen LogP contribution is 2.05. The van der Waals surface area contributed by atoms with Crippen LogP contribution < -0.4 is 0 Å². The lowest BCUT2D eigenvalue weighted by Gasteiger charge is -2.02. The molecule has 0 fully saturated rings. The first kappa shape index (κ1) is 8.25. The highest BCUT2D eigenvalue weighted by Gasteiger charge is 1.97. The topological polar surface area (TPSA) is 19.9 Å². The van der Waals surface area contributed by atoms with Gasteiger partial charge in [-0.15, -0.1) is 11.6 Å². The summed E-state index contributed by atoms with van der Waals surface area (Å²) >= 11 is 5.49. The molecule has 0 saturated heterocycles. The molecule has 0 aromatic carbocycles. The summed E-state index contributed by atoms with van der Waals surface area (Å²) in [6, 6.07) is 0. The first-order valence-electron chi connectivity index (χ1n) is 2.95. The smallest absolute Gasteiger partial charge is 0.0822 e. The summed E-state index contributed by atoms with van der Waals surface area (Å²) < 4.78 is 0. The fourth-order valence-corrected chi connectivity index (χ4v) is 0.663. The summed E-state index contributed by atoms with van der Waals surface area (Å²) in [6.45, 7) is 2.10. The van der Waals surface area contributed by atoms with Gasteiger partial charge in [-0.2, -0.15) is 0 Å². The molecule has 0 aromatic heterocycles. The van der Waals surface area contributed by atoms with E-state index >= 15 is 0 Å². The van der Waals surface area contributed by atoms with Gasteiger partial charge in [0.2, 0.25) is 0 Å². The summed E-state index contributed by atoms with van der Waals surface area (Å²) in [4.78, 5) is 0. The maximum atomic E-state index is 9.91. The third-order valence-corrected chi connectivity index (χ3v) is 1.63. The minimum Gasteiger partial charge on any atom is -0.237 e. The molecule has 49 valence electrons. The van der Waals surface area contributed by atoms with Gasteiger partial charge in [-0.25, -0.2) is 5.11 Å². The largest absolute Gasteiger partial charge is 0.237 e. The Labute approximate surface area is 55.7 Å². The van der Waals surface area contributed by atoms with Crippen LogP contribution in [0.1, 0.15) is 19.8 Å². The van der Waals surface area contributed by atoms with Crippen LogP contribution in [0.3, 0.4) is 0 Å². The minimum atomic E-state index is 0.0429. The van der Waals surface area contributed by atoms with Gasteiger partial charge in [-0.3, -0.25) is 0 Å². The summed E-state index contributed by atoms with van der Waals surface area (Å²) in [5.41, 5.74) is 0. The zero-order chi connectivity index (χ0) is 6.41. The molecule has 0 saturated carbocycles. The molecule has 0 aromatic rings. The van der Waals surface area contributed by atoms with Crippen LogP contribution in [0.15, 0.2) is 0 Å². The van der Waals surface area contributed by atoms with E-state index in [-0.39, 0.29) is 6.61 Å². The quantitative estimate of drug-likeness (QED) is 0.526. The van der Waals surface area contributed by atoms with E-state index in [0.29, 0.717) is 11.8 Å². The molecule has 0 spiro atoms. The van der Waals surface area contributed by atoms with E-state index in [1.54, 1.807) is 0 Å². The second kappa shape index (κ2) is 5.39. The second-order valence-corrected chi connectivity index (χ2v) is 2.41. The molecule has 1 radical (unpaired) electrons. The highest BCUT2D eigenvalue weighted by molar-refractivity contribution is 6.18. The maximum Gasteiger partial charge on any atom is 0.0822 e. The number of hydrogen-bond acceptors (Lipinski definition) is 0. The van der Waals surface area contributed by atoms with E-state index < -0.39 is 0 Å². The molecule has 0 aliphatic heterocycles. The molecule has 0 rings (SSSR count). The van der Waals surface area contributed by atoms with Gasteiger partial charge in [0.25, 0.3) is 0 Å². The maximum absolute atomic E-state index is 9.91. The average Bonchev–Trinajstić information content (AvgIpc) is 1.83. The number of rotatable bonds is 4. The van der Waals surface area contributed by atoms with Gasteiger partial charge in [0.1, 0.15) is 0 Å². The van der Waals surface area contributed by atoms with Crippen LogP contribution >= 0.6 is 11.6 Å². The molecule has 0 heterocycles. The average molecular weight is 136 g/mol. The summed E-state index contributed by atoms with van der Waals surface area (Å²) in [5.74, 6) is 1.20. The molecule has 1 nitrogen and oxygen atoms in total. The SMILES string of the molecule is CC(CCl)CCC[O]. The first-order valence-corrected chi connectivity index (χ1v) is 3.48. The van der Waals surface area contributed by atoms with Crippen molar-refractivity contribution in [3.05, 3.63) is 0 Å². The molecule has 0 N–H and O–H groups in total. The van der Waals surface area contributed by atoms with Crippen molar-refractivity contribution >= 4 is 11.6 Å². The van der Waals surface area contributed by atoms with Crippen molar-refractivity contribution in [1.29, 1.82) is 0 Å². The fourth-order valence-electron chi connectivity index (χ4n) is 0.509. The molecule has 0 aliphatic rings. The van der Waals surface area contributed by atoms with Crippen LogP contribution in [-0.2, 0) is 5.11 Å². The van der Waals surface area contributed by atoms with Crippen LogP contribution in [0.2, 0.25) is 0 Å². The van der Waals surface area contributed by atoms with Crippen molar-refractivity contribution < 1.29 is 5.11 Å². The Morgan fingerprint density at radius 1 is 1.62 bits per heavy atom. The van der Waals surface area contributed by atoms with Crippen LogP contribution in [0, 0.1) is 5.92 Å². The van der Waals surface area contributed by atoms with Crippen LogP contribution in [0.25, 0.3) is 0 Å². The molecular weight excluding hydrogens is 124 g/mol. The van der Waals surface area contributed by atoms with Crippen molar-refractivity contribution in [2.24, 2.45) is 5.92 Å². The molecule has 1 atom stereocenters. The predicted molar refractivity (Wildman–Crippen MR) is 34.7 cm³/mol. The van der Waals surface area contributed by atoms with Gasteiger partial charge in [0, 0.05) is 5.88 Å². The third kappa shape index (κ3) is 4.41. The van der Waals surface area contributed by atoms with E-state index in [2.05, 4.69) is 6.92 Å². The van der Waals surface area contributed by atoms with Crippen molar-refractivity contribution in [3.63, 3.8) is 0 Å². The van der Waals surface area contributed by atoms with Gasteiger partial charge in [-0.05, 0) is 18.8 Å². The zero-order valence-corrected chi connectivity index (χ0v) is 5.95. The van der Waals surface area contributed by atoms with Crippen LogP contribution in [-0.4, -0.2) is 12.5 Å². The Morgan fingerprint density at radius 2 is 2.25 bits per heavy atom. The second-order valence-electron chi connectivity index (χ2n) is 2.11. The number of halogens is 1. The monoisotopic (exact) mass is 135 g/mol. The number of hydrogen-bond donors (Lipinski definition) is 0. The molecule has 2 heteroatoms. The Balaban J connectivity index is 2.86. The molecule has 0 aliphatic carbocycles. The zero-order valence-electron chi connectivity index (χ0n) is 5.19. The Hall–Kier alpha value is 0.250. The summed E-state index contributed by atoms with van der Waals surface area (Å²) in [6.07, 6.45) is 1.75.